The maximum atomic E-state index is 13.4. The van der Waals surface area contributed by atoms with Gasteiger partial charge in [-0.25, -0.2) is 4.79 Å². The van der Waals surface area contributed by atoms with Crippen LogP contribution in [0.2, 0.25) is 0 Å². The highest BCUT2D eigenvalue weighted by molar-refractivity contribution is 5.97. The number of rotatable bonds is 3. The van der Waals surface area contributed by atoms with Crippen molar-refractivity contribution in [3.8, 4) is 0 Å². The molecule has 3 saturated carbocycles. The van der Waals surface area contributed by atoms with Crippen molar-refractivity contribution in [3.05, 3.63) is 23.3 Å². The lowest BCUT2D eigenvalue weighted by Crippen LogP contribution is -2.75. The van der Waals surface area contributed by atoms with Crippen LogP contribution >= 0.6 is 0 Å². The van der Waals surface area contributed by atoms with E-state index in [4.69, 9.17) is 14.2 Å². The van der Waals surface area contributed by atoms with E-state index in [1.54, 1.807) is 19.9 Å². The number of hydrogen-bond donors (Lipinski definition) is 3. The van der Waals surface area contributed by atoms with E-state index in [0.717, 1.165) is 5.57 Å². The number of cyclic esters (lactones) is 1. The van der Waals surface area contributed by atoms with Crippen molar-refractivity contribution in [1.29, 1.82) is 0 Å². The van der Waals surface area contributed by atoms with E-state index < -0.39 is 69.9 Å². The van der Waals surface area contributed by atoms with Gasteiger partial charge in [-0.05, 0) is 64.4 Å². The topological polar surface area (TPSA) is 143 Å². The Morgan fingerprint density at radius 1 is 1.18 bits per heavy atom. The second kappa shape index (κ2) is 8.02. The lowest BCUT2D eigenvalue weighted by molar-refractivity contribution is -0.295. The largest absolute Gasteiger partial charge is 0.458 e. The molecule has 2 aliphatic heterocycles. The van der Waals surface area contributed by atoms with Gasteiger partial charge in [0.2, 0.25) is 0 Å². The predicted molar refractivity (Wildman–Crippen MR) is 137 cm³/mol. The molecule has 6 rings (SSSR count). The molecule has 214 valence electrons. The molecule has 0 amide bonds. The maximum Gasteiger partial charge on any atom is 0.333 e. The van der Waals surface area contributed by atoms with Gasteiger partial charge in [-0.2, -0.15) is 0 Å². The molecule has 4 aliphatic carbocycles. The molecule has 39 heavy (non-hydrogen) atoms. The highest BCUT2D eigenvalue weighted by atomic mass is 16.7. The van der Waals surface area contributed by atoms with Crippen LogP contribution in [-0.2, 0) is 28.6 Å². The summed E-state index contributed by atoms with van der Waals surface area (Å²) in [6, 6.07) is 0. The third-order valence-corrected chi connectivity index (χ3v) is 12.3. The number of epoxide rings is 1. The number of fused-ring (bicyclic) bond motifs is 7. The molecule has 0 unspecified atom stereocenters. The Balaban J connectivity index is 1.45. The predicted octanol–water partition coefficient (Wildman–Crippen LogP) is 2.15. The second-order valence-electron chi connectivity index (χ2n) is 13.5. The summed E-state index contributed by atoms with van der Waals surface area (Å²) in [5.74, 6) is -2.63. The van der Waals surface area contributed by atoms with Gasteiger partial charge < -0.3 is 29.5 Å². The summed E-state index contributed by atoms with van der Waals surface area (Å²) in [6.45, 7) is 10.6. The summed E-state index contributed by atoms with van der Waals surface area (Å²) in [4.78, 5) is 38.4. The zero-order chi connectivity index (χ0) is 28.5. The highest BCUT2D eigenvalue weighted by Gasteiger charge is 2.90. The van der Waals surface area contributed by atoms with Crippen molar-refractivity contribution in [2.45, 2.75) is 115 Å². The first kappa shape index (κ1) is 27.1. The number of allylic oxidation sites excluding steroid dienone is 1. The normalized spacial score (nSPS) is 52.7. The van der Waals surface area contributed by atoms with Crippen molar-refractivity contribution in [1.82, 2.24) is 0 Å². The zero-order valence-corrected chi connectivity index (χ0v) is 23.5. The summed E-state index contributed by atoms with van der Waals surface area (Å²) >= 11 is 0. The Kier molecular flexibility index (Phi) is 5.58. The summed E-state index contributed by atoms with van der Waals surface area (Å²) in [5, 5.41) is 36.0. The minimum absolute atomic E-state index is 0.0539. The van der Waals surface area contributed by atoms with E-state index in [1.165, 1.54) is 13.0 Å². The van der Waals surface area contributed by atoms with Crippen molar-refractivity contribution < 1.29 is 43.9 Å². The molecule has 1 saturated heterocycles. The van der Waals surface area contributed by atoms with E-state index in [1.807, 2.05) is 20.8 Å². The first-order valence-electron chi connectivity index (χ1n) is 14.2. The molecule has 9 nitrogen and oxygen atoms in total. The number of esters is 2. The standard InChI is InChI=1S/C30H40O9/c1-14-12-20(38-25(34)15(14)2)16(3)30-24(39-30)23(37-17(4)31)29(36)19-13-22(33)28(35)10-7-8-21(32)27(28,6)18(19)9-11-26(29,30)5/h7-8,16,18-20,22-24,33,35-36H,9-13H2,1-6H3/t16-,18+,19-,20-,22-,23+,24+,26+,27+,28+,29-,30+/m1/s1. The van der Waals surface area contributed by atoms with Crippen LogP contribution in [0.15, 0.2) is 23.3 Å². The molecular formula is C30H40O9. The summed E-state index contributed by atoms with van der Waals surface area (Å²) in [5.41, 5.74) is -4.96. The summed E-state index contributed by atoms with van der Waals surface area (Å²) in [7, 11) is 0. The quantitative estimate of drug-likeness (QED) is 0.360. The Morgan fingerprint density at radius 3 is 2.51 bits per heavy atom. The first-order valence-corrected chi connectivity index (χ1v) is 14.2. The van der Waals surface area contributed by atoms with Crippen molar-refractivity contribution in [3.63, 3.8) is 0 Å². The minimum Gasteiger partial charge on any atom is -0.458 e. The molecule has 2 heterocycles. The summed E-state index contributed by atoms with van der Waals surface area (Å²) < 4.78 is 18.2. The smallest absolute Gasteiger partial charge is 0.333 e. The van der Waals surface area contributed by atoms with Gasteiger partial charge in [0.05, 0.1) is 11.5 Å². The average molecular weight is 545 g/mol. The van der Waals surface area contributed by atoms with Gasteiger partial charge in [0, 0.05) is 30.3 Å². The lowest BCUT2D eigenvalue weighted by atomic mass is 9.41. The molecule has 0 radical (unpaired) electrons. The van der Waals surface area contributed by atoms with Crippen LogP contribution in [0.3, 0.4) is 0 Å². The fourth-order valence-electron chi connectivity index (χ4n) is 9.78. The van der Waals surface area contributed by atoms with Gasteiger partial charge in [0.1, 0.15) is 29.0 Å². The van der Waals surface area contributed by atoms with Crippen molar-refractivity contribution >= 4 is 17.7 Å². The molecule has 0 aromatic carbocycles. The average Bonchev–Trinajstić information content (AvgIpc) is 3.59. The van der Waals surface area contributed by atoms with Crippen LogP contribution in [0.1, 0.15) is 73.6 Å². The van der Waals surface area contributed by atoms with Gasteiger partial charge in [-0.1, -0.05) is 25.5 Å². The van der Waals surface area contributed by atoms with Crippen molar-refractivity contribution in [2.75, 3.05) is 0 Å². The van der Waals surface area contributed by atoms with E-state index in [-0.39, 0.29) is 30.5 Å². The molecule has 6 aliphatic rings. The van der Waals surface area contributed by atoms with Gasteiger partial charge in [0.15, 0.2) is 11.9 Å². The van der Waals surface area contributed by atoms with E-state index in [2.05, 4.69) is 0 Å². The molecule has 0 spiro atoms. The Labute approximate surface area is 228 Å². The van der Waals surface area contributed by atoms with E-state index in [0.29, 0.717) is 24.8 Å². The number of carbonyl (C=O) groups is 3. The SMILES string of the molecule is CC(=O)O[C@H]1[C@@H]2O[C@]2([C@H](C)[C@H]2CC(C)=C(C)C(=O)O2)[C@@]2(C)CC[C@H]3[C@@H](C[C@@H](O)[C@@]4(O)CC=CC(=O)[C@]34C)[C@@]12O. The maximum absolute atomic E-state index is 13.4. The molecular weight excluding hydrogens is 504 g/mol. The third-order valence-electron chi connectivity index (χ3n) is 12.3. The Bertz CT molecular complexity index is 1220. The van der Waals surface area contributed by atoms with Crippen LogP contribution in [0.25, 0.3) is 0 Å². The molecule has 12 atom stereocenters. The van der Waals surface area contributed by atoms with Gasteiger partial charge in [0.25, 0.3) is 0 Å². The molecule has 4 fully saturated rings. The van der Waals surface area contributed by atoms with Gasteiger partial charge in [-0.15, -0.1) is 0 Å². The number of ether oxygens (including phenoxy) is 3. The van der Waals surface area contributed by atoms with Crippen LogP contribution < -0.4 is 0 Å². The number of ketones is 1. The molecule has 0 aromatic heterocycles. The zero-order valence-electron chi connectivity index (χ0n) is 23.5. The van der Waals surface area contributed by atoms with Gasteiger partial charge in [-0.3, -0.25) is 9.59 Å². The molecule has 9 heteroatoms. The Morgan fingerprint density at radius 2 is 1.87 bits per heavy atom. The monoisotopic (exact) mass is 544 g/mol. The number of aliphatic hydroxyl groups excluding tert-OH is 1. The van der Waals surface area contributed by atoms with Gasteiger partial charge >= 0.3 is 11.9 Å². The first-order chi connectivity index (χ1) is 18.1. The van der Waals surface area contributed by atoms with Crippen LogP contribution in [0, 0.1) is 28.6 Å². The fraction of sp³-hybridized carbons (Fsp3) is 0.767. The van der Waals surface area contributed by atoms with Crippen LogP contribution in [0.4, 0.5) is 0 Å². The highest BCUT2D eigenvalue weighted by Crippen LogP contribution is 2.77. The second-order valence-corrected chi connectivity index (χ2v) is 13.5. The van der Waals surface area contributed by atoms with E-state index >= 15 is 0 Å². The minimum atomic E-state index is -1.65. The molecule has 0 aromatic rings. The summed E-state index contributed by atoms with van der Waals surface area (Å²) in [6.07, 6.45) is 1.36. The molecule has 0 bridgehead atoms. The number of hydrogen-bond acceptors (Lipinski definition) is 9. The van der Waals surface area contributed by atoms with E-state index in [9.17, 15) is 29.7 Å². The fourth-order valence-corrected chi connectivity index (χ4v) is 9.78. The third kappa shape index (κ3) is 2.92. The Hall–Kier alpha value is -2.07. The number of carbonyl (C=O) groups excluding carboxylic acids is 3. The van der Waals surface area contributed by atoms with Crippen molar-refractivity contribution in [2.24, 2.45) is 28.6 Å². The van der Waals surface area contributed by atoms with Crippen LogP contribution in [-0.4, -0.2) is 74.3 Å². The number of aliphatic hydroxyl groups is 3. The van der Waals surface area contributed by atoms with Crippen LogP contribution in [0.5, 0.6) is 0 Å². The molecule has 3 N–H and O–H groups in total. The lowest BCUT2D eigenvalue weighted by Gasteiger charge is -2.66.